The standard InChI is InChI=1S/C16H17N3O3/c20-15(7-6-13-5-2-11-21-13)19-10-1-4-14(12-19)22-16-17-8-3-9-18-16/h2-3,5-9,11,14H,1,4,10,12H2/b7-6+/t14-/m1/s1. The van der Waals surface area contributed by atoms with Gasteiger partial charge >= 0.3 is 6.01 Å². The quantitative estimate of drug-likeness (QED) is 0.809. The van der Waals surface area contributed by atoms with Crippen molar-refractivity contribution in [1.29, 1.82) is 0 Å². The number of hydrogen-bond acceptors (Lipinski definition) is 5. The zero-order valence-electron chi connectivity index (χ0n) is 12.1. The van der Waals surface area contributed by atoms with Crippen LogP contribution in [-0.4, -0.2) is 40.0 Å². The molecule has 0 N–H and O–H groups in total. The normalized spacial score (nSPS) is 18.5. The molecule has 1 fully saturated rings. The molecule has 1 saturated heterocycles. The van der Waals surface area contributed by atoms with E-state index in [1.165, 1.54) is 6.08 Å². The highest BCUT2D eigenvalue weighted by Crippen LogP contribution is 2.15. The number of ether oxygens (including phenoxy) is 1. The Hall–Kier alpha value is -2.63. The van der Waals surface area contributed by atoms with Crippen LogP contribution in [0.5, 0.6) is 6.01 Å². The predicted octanol–water partition coefficient (Wildman–Crippen LogP) is 2.15. The fourth-order valence-corrected chi connectivity index (χ4v) is 2.37. The molecule has 2 aromatic heterocycles. The topological polar surface area (TPSA) is 68.5 Å². The molecular weight excluding hydrogens is 282 g/mol. The van der Waals surface area contributed by atoms with E-state index in [1.807, 2.05) is 0 Å². The summed E-state index contributed by atoms with van der Waals surface area (Å²) in [5.41, 5.74) is 0. The Morgan fingerprint density at radius 2 is 2.23 bits per heavy atom. The van der Waals surface area contributed by atoms with E-state index in [4.69, 9.17) is 9.15 Å². The lowest BCUT2D eigenvalue weighted by Gasteiger charge is -2.31. The summed E-state index contributed by atoms with van der Waals surface area (Å²) in [5.74, 6) is 0.620. The third kappa shape index (κ3) is 3.72. The highest BCUT2D eigenvalue weighted by atomic mass is 16.5. The molecule has 114 valence electrons. The molecule has 1 aliphatic rings. The second kappa shape index (κ2) is 6.89. The number of likely N-dealkylation sites (tertiary alicyclic amines) is 1. The van der Waals surface area contributed by atoms with E-state index >= 15 is 0 Å². The lowest BCUT2D eigenvalue weighted by molar-refractivity contribution is -0.128. The highest BCUT2D eigenvalue weighted by molar-refractivity contribution is 5.91. The highest BCUT2D eigenvalue weighted by Gasteiger charge is 2.24. The summed E-state index contributed by atoms with van der Waals surface area (Å²) in [6, 6.07) is 5.68. The lowest BCUT2D eigenvalue weighted by atomic mass is 10.1. The van der Waals surface area contributed by atoms with Gasteiger partial charge in [-0.15, -0.1) is 0 Å². The number of carbonyl (C=O) groups is 1. The fraction of sp³-hybridized carbons (Fsp3) is 0.312. The van der Waals surface area contributed by atoms with Gasteiger partial charge in [0.15, 0.2) is 0 Å². The summed E-state index contributed by atoms with van der Waals surface area (Å²) in [6.45, 7) is 1.27. The molecule has 0 unspecified atom stereocenters. The molecule has 1 atom stereocenters. The first-order valence-electron chi connectivity index (χ1n) is 7.25. The number of amides is 1. The van der Waals surface area contributed by atoms with Crippen LogP contribution in [0.15, 0.2) is 47.3 Å². The van der Waals surface area contributed by atoms with Crippen LogP contribution in [0.1, 0.15) is 18.6 Å². The van der Waals surface area contributed by atoms with Gasteiger partial charge in [-0.05, 0) is 37.1 Å². The van der Waals surface area contributed by atoms with Crippen LogP contribution in [0.3, 0.4) is 0 Å². The monoisotopic (exact) mass is 299 g/mol. The SMILES string of the molecule is O=C(/C=C/c1ccco1)N1CCC[C@@H](Oc2ncccn2)C1. The zero-order valence-corrected chi connectivity index (χ0v) is 12.1. The smallest absolute Gasteiger partial charge is 0.316 e. The second-order valence-electron chi connectivity index (χ2n) is 5.05. The van der Waals surface area contributed by atoms with E-state index in [1.54, 1.807) is 47.8 Å². The van der Waals surface area contributed by atoms with Gasteiger partial charge in [-0.1, -0.05) is 0 Å². The van der Waals surface area contributed by atoms with Crippen LogP contribution in [-0.2, 0) is 4.79 Å². The molecule has 0 bridgehead atoms. The number of rotatable bonds is 4. The van der Waals surface area contributed by atoms with E-state index < -0.39 is 0 Å². The number of piperidine rings is 1. The van der Waals surface area contributed by atoms with Crippen LogP contribution in [0, 0.1) is 0 Å². The van der Waals surface area contributed by atoms with Crippen molar-refractivity contribution >= 4 is 12.0 Å². The molecule has 3 heterocycles. The zero-order chi connectivity index (χ0) is 15.2. The van der Waals surface area contributed by atoms with Crippen molar-refractivity contribution in [1.82, 2.24) is 14.9 Å². The van der Waals surface area contributed by atoms with Crippen molar-refractivity contribution in [2.24, 2.45) is 0 Å². The van der Waals surface area contributed by atoms with Gasteiger partial charge in [0.2, 0.25) is 5.91 Å². The Morgan fingerprint density at radius 1 is 1.36 bits per heavy atom. The minimum atomic E-state index is -0.0721. The van der Waals surface area contributed by atoms with Gasteiger partial charge in [0.1, 0.15) is 11.9 Å². The number of carbonyl (C=O) groups excluding carboxylic acids is 1. The maximum Gasteiger partial charge on any atom is 0.316 e. The summed E-state index contributed by atoms with van der Waals surface area (Å²) >= 11 is 0. The van der Waals surface area contributed by atoms with Gasteiger partial charge in [-0.2, -0.15) is 0 Å². The van der Waals surface area contributed by atoms with Crippen molar-refractivity contribution in [2.45, 2.75) is 18.9 Å². The third-order valence-electron chi connectivity index (χ3n) is 3.44. The molecule has 0 saturated carbocycles. The van der Waals surface area contributed by atoms with Gasteiger partial charge in [0.05, 0.1) is 12.8 Å². The summed E-state index contributed by atoms with van der Waals surface area (Å²) in [5, 5.41) is 0. The van der Waals surface area contributed by atoms with Gasteiger partial charge in [0.25, 0.3) is 0 Å². The average Bonchev–Trinajstić information content (AvgIpc) is 3.07. The van der Waals surface area contributed by atoms with E-state index in [0.717, 1.165) is 19.4 Å². The maximum atomic E-state index is 12.2. The summed E-state index contributed by atoms with van der Waals surface area (Å²) in [4.78, 5) is 22.1. The fourth-order valence-electron chi connectivity index (χ4n) is 2.37. The lowest BCUT2D eigenvalue weighted by Crippen LogP contribution is -2.43. The van der Waals surface area contributed by atoms with E-state index in [9.17, 15) is 4.79 Å². The Kier molecular flexibility index (Phi) is 4.48. The van der Waals surface area contributed by atoms with Crippen LogP contribution < -0.4 is 4.74 Å². The van der Waals surface area contributed by atoms with Crippen LogP contribution in [0.4, 0.5) is 0 Å². The molecule has 6 nitrogen and oxygen atoms in total. The minimum Gasteiger partial charge on any atom is -0.465 e. The number of nitrogens with zero attached hydrogens (tertiary/aromatic N) is 3. The summed E-state index contributed by atoms with van der Waals surface area (Å²) < 4.78 is 10.9. The van der Waals surface area contributed by atoms with Gasteiger partial charge in [-0.3, -0.25) is 4.79 Å². The predicted molar refractivity (Wildman–Crippen MR) is 80.0 cm³/mol. The van der Waals surface area contributed by atoms with Crippen LogP contribution >= 0.6 is 0 Å². The number of furan rings is 1. The number of aromatic nitrogens is 2. The van der Waals surface area contributed by atoms with E-state index in [2.05, 4.69) is 9.97 Å². The van der Waals surface area contributed by atoms with Crippen molar-refractivity contribution in [3.8, 4) is 6.01 Å². The molecule has 22 heavy (non-hydrogen) atoms. The first-order chi connectivity index (χ1) is 10.8. The first kappa shape index (κ1) is 14.3. The Bertz CT molecular complexity index is 625. The van der Waals surface area contributed by atoms with Crippen molar-refractivity contribution in [2.75, 3.05) is 13.1 Å². The molecular formula is C16H17N3O3. The minimum absolute atomic E-state index is 0.0429. The van der Waals surface area contributed by atoms with E-state index in [0.29, 0.717) is 18.3 Å². The van der Waals surface area contributed by atoms with Gasteiger partial charge in [0, 0.05) is 25.0 Å². The molecule has 0 spiro atoms. The van der Waals surface area contributed by atoms with E-state index in [-0.39, 0.29) is 12.0 Å². The molecule has 2 aromatic rings. The summed E-state index contributed by atoms with van der Waals surface area (Å²) in [7, 11) is 0. The molecule has 0 aromatic carbocycles. The Morgan fingerprint density at radius 3 is 3.00 bits per heavy atom. The maximum absolute atomic E-state index is 12.2. The van der Waals surface area contributed by atoms with Gasteiger partial charge in [-0.25, -0.2) is 9.97 Å². The number of hydrogen-bond donors (Lipinski definition) is 0. The summed E-state index contributed by atoms with van der Waals surface area (Å²) in [6.07, 6.45) is 9.78. The third-order valence-corrected chi connectivity index (χ3v) is 3.44. The van der Waals surface area contributed by atoms with Crippen molar-refractivity contribution in [3.63, 3.8) is 0 Å². The molecule has 3 rings (SSSR count). The molecule has 1 amide bonds. The Balaban J connectivity index is 1.57. The first-order valence-corrected chi connectivity index (χ1v) is 7.25. The van der Waals surface area contributed by atoms with Crippen LogP contribution in [0.25, 0.3) is 6.08 Å². The van der Waals surface area contributed by atoms with Crippen molar-refractivity contribution < 1.29 is 13.9 Å². The second-order valence-corrected chi connectivity index (χ2v) is 5.05. The van der Waals surface area contributed by atoms with Gasteiger partial charge < -0.3 is 14.1 Å². The molecule has 0 aliphatic carbocycles. The van der Waals surface area contributed by atoms with Crippen LogP contribution in [0.2, 0.25) is 0 Å². The molecule has 1 aliphatic heterocycles. The van der Waals surface area contributed by atoms with Crippen molar-refractivity contribution in [3.05, 3.63) is 48.7 Å². The largest absolute Gasteiger partial charge is 0.465 e. The molecule has 0 radical (unpaired) electrons. The Labute approximate surface area is 128 Å². The average molecular weight is 299 g/mol. The molecule has 6 heteroatoms.